The van der Waals surface area contributed by atoms with Gasteiger partial charge in [-0.25, -0.2) is 0 Å². The Bertz CT molecular complexity index is 338. The van der Waals surface area contributed by atoms with Crippen LogP contribution >= 0.6 is 0 Å². The van der Waals surface area contributed by atoms with Gasteiger partial charge in [-0.15, -0.1) is 0 Å². The molecular formula is C14H29NO3Si. The van der Waals surface area contributed by atoms with E-state index in [0.717, 1.165) is 13.2 Å². The summed E-state index contributed by atoms with van der Waals surface area (Å²) in [6.45, 7) is 16.9. The minimum atomic E-state index is -1.69. The van der Waals surface area contributed by atoms with Crippen molar-refractivity contribution in [1.29, 1.82) is 0 Å². The smallest absolute Gasteiger partial charge is 0.192 e. The highest BCUT2D eigenvalue weighted by molar-refractivity contribution is 6.74. The van der Waals surface area contributed by atoms with E-state index in [4.69, 9.17) is 13.9 Å². The first-order valence-electron chi connectivity index (χ1n) is 7.25. The molecule has 2 fully saturated rings. The maximum atomic E-state index is 6.30. The summed E-state index contributed by atoms with van der Waals surface area (Å²) in [5, 5.41) is 3.71. The van der Waals surface area contributed by atoms with E-state index in [9.17, 15) is 0 Å². The van der Waals surface area contributed by atoms with Crippen LogP contribution in [0.25, 0.3) is 0 Å². The Morgan fingerprint density at radius 1 is 1.26 bits per heavy atom. The Kier molecular flexibility index (Phi) is 3.91. The van der Waals surface area contributed by atoms with Crippen LogP contribution in [0, 0.1) is 0 Å². The van der Waals surface area contributed by atoms with Crippen molar-refractivity contribution in [1.82, 2.24) is 5.32 Å². The standard InChI is InChI=1S/C14H29NO3Si/c1-13(2,3)19(6,7)16-9-10-12-11(8-15-10)17-14(4,5)18-12/h10-12,15H,8-9H2,1-7H3/t10?,11-,12+/m0/s1. The largest absolute Gasteiger partial charge is 0.415 e. The molecule has 0 radical (unpaired) electrons. The van der Waals surface area contributed by atoms with Crippen LogP contribution < -0.4 is 5.32 Å². The van der Waals surface area contributed by atoms with E-state index >= 15 is 0 Å². The third-order valence-electron chi connectivity index (χ3n) is 4.63. The minimum absolute atomic E-state index is 0.125. The number of hydrogen-bond acceptors (Lipinski definition) is 4. The molecule has 1 unspecified atom stereocenters. The maximum absolute atomic E-state index is 6.30. The third kappa shape index (κ3) is 3.21. The van der Waals surface area contributed by atoms with Gasteiger partial charge in [-0.05, 0) is 32.0 Å². The summed E-state index contributed by atoms with van der Waals surface area (Å²) in [7, 11) is -1.69. The monoisotopic (exact) mass is 287 g/mol. The van der Waals surface area contributed by atoms with Crippen LogP contribution in [0.3, 0.4) is 0 Å². The zero-order valence-electron chi connectivity index (χ0n) is 13.4. The number of rotatable bonds is 3. The van der Waals surface area contributed by atoms with Gasteiger partial charge in [0, 0.05) is 6.54 Å². The third-order valence-corrected chi connectivity index (χ3v) is 9.13. The lowest BCUT2D eigenvalue weighted by molar-refractivity contribution is -0.153. The van der Waals surface area contributed by atoms with E-state index in [1.54, 1.807) is 0 Å². The van der Waals surface area contributed by atoms with Crippen molar-refractivity contribution < 1.29 is 13.9 Å². The lowest BCUT2D eigenvalue weighted by atomic mass is 10.1. The average molecular weight is 287 g/mol. The maximum Gasteiger partial charge on any atom is 0.192 e. The van der Waals surface area contributed by atoms with Crippen LogP contribution in [-0.4, -0.2) is 45.5 Å². The Morgan fingerprint density at radius 3 is 2.47 bits per heavy atom. The SMILES string of the molecule is CC1(C)O[C@H]2CNC(CO[Si](C)(C)C(C)(C)C)[C@H]2O1. The molecule has 0 amide bonds. The second kappa shape index (κ2) is 4.81. The molecule has 2 rings (SSSR count). The summed E-state index contributed by atoms with van der Waals surface area (Å²) >= 11 is 0. The van der Waals surface area contributed by atoms with E-state index in [2.05, 4.69) is 39.2 Å². The van der Waals surface area contributed by atoms with Crippen molar-refractivity contribution >= 4 is 8.32 Å². The molecule has 4 nitrogen and oxygen atoms in total. The van der Waals surface area contributed by atoms with Gasteiger partial charge in [-0.2, -0.15) is 0 Å². The van der Waals surface area contributed by atoms with Crippen LogP contribution in [0.1, 0.15) is 34.6 Å². The lowest BCUT2D eigenvalue weighted by Crippen LogP contribution is -2.46. The molecule has 0 saturated carbocycles. The van der Waals surface area contributed by atoms with E-state index in [-0.39, 0.29) is 23.3 Å². The minimum Gasteiger partial charge on any atom is -0.415 e. The summed E-state index contributed by atoms with van der Waals surface area (Å²) in [6, 6.07) is 0.251. The molecule has 2 saturated heterocycles. The van der Waals surface area contributed by atoms with Crippen molar-refractivity contribution in [3.05, 3.63) is 0 Å². The second-order valence-electron chi connectivity index (χ2n) is 7.72. The van der Waals surface area contributed by atoms with E-state index in [0.29, 0.717) is 0 Å². The van der Waals surface area contributed by atoms with E-state index in [1.165, 1.54) is 0 Å². The highest BCUT2D eigenvalue weighted by Crippen LogP contribution is 2.38. The molecule has 0 spiro atoms. The summed E-state index contributed by atoms with van der Waals surface area (Å²) in [5.41, 5.74) is 0. The van der Waals surface area contributed by atoms with Gasteiger partial charge < -0.3 is 19.2 Å². The lowest BCUT2D eigenvalue weighted by Gasteiger charge is -2.37. The van der Waals surface area contributed by atoms with Gasteiger partial charge >= 0.3 is 0 Å². The fourth-order valence-electron chi connectivity index (χ4n) is 2.41. The molecule has 5 heteroatoms. The first kappa shape index (κ1) is 15.4. The van der Waals surface area contributed by atoms with Crippen molar-refractivity contribution in [3.63, 3.8) is 0 Å². The van der Waals surface area contributed by atoms with Crippen LogP contribution in [-0.2, 0) is 13.9 Å². The van der Waals surface area contributed by atoms with E-state index in [1.807, 2.05) is 13.8 Å². The van der Waals surface area contributed by atoms with Gasteiger partial charge in [0.1, 0.15) is 12.2 Å². The highest BCUT2D eigenvalue weighted by Gasteiger charge is 2.49. The normalized spacial score (nSPS) is 34.6. The van der Waals surface area contributed by atoms with Crippen molar-refractivity contribution in [2.45, 2.75) is 76.8 Å². The Labute approximate surface area is 118 Å². The fraction of sp³-hybridized carbons (Fsp3) is 1.00. The zero-order chi connectivity index (χ0) is 14.5. The molecule has 0 aromatic rings. The zero-order valence-corrected chi connectivity index (χ0v) is 14.4. The molecule has 112 valence electrons. The summed E-state index contributed by atoms with van der Waals surface area (Å²) in [6.07, 6.45) is 0.294. The molecule has 0 aromatic heterocycles. The molecule has 2 aliphatic heterocycles. The van der Waals surface area contributed by atoms with E-state index < -0.39 is 14.1 Å². The van der Waals surface area contributed by atoms with Gasteiger partial charge in [0.05, 0.1) is 12.6 Å². The number of hydrogen-bond donors (Lipinski definition) is 1. The molecule has 2 aliphatic rings. The average Bonchev–Trinajstić information content (AvgIpc) is 2.68. The second-order valence-corrected chi connectivity index (χ2v) is 12.5. The quantitative estimate of drug-likeness (QED) is 0.810. The predicted molar refractivity (Wildman–Crippen MR) is 78.8 cm³/mol. The Morgan fingerprint density at radius 2 is 1.89 bits per heavy atom. The molecular weight excluding hydrogens is 258 g/mol. The fourth-order valence-corrected chi connectivity index (χ4v) is 3.44. The highest BCUT2D eigenvalue weighted by atomic mass is 28.4. The predicted octanol–water partition coefficient (Wildman–Crippen LogP) is 2.50. The van der Waals surface area contributed by atoms with Gasteiger partial charge in [-0.1, -0.05) is 20.8 Å². The van der Waals surface area contributed by atoms with Gasteiger partial charge in [0.25, 0.3) is 0 Å². The summed E-state index contributed by atoms with van der Waals surface area (Å²) in [4.78, 5) is 0. The van der Waals surface area contributed by atoms with Crippen molar-refractivity contribution in [2.75, 3.05) is 13.2 Å². The first-order chi connectivity index (χ1) is 8.52. The molecule has 19 heavy (non-hydrogen) atoms. The van der Waals surface area contributed by atoms with Gasteiger partial charge in [-0.3, -0.25) is 0 Å². The number of ether oxygens (including phenoxy) is 2. The molecule has 2 heterocycles. The molecule has 1 N–H and O–H groups in total. The van der Waals surface area contributed by atoms with Gasteiger partial charge in [0.15, 0.2) is 14.1 Å². The summed E-state index contributed by atoms with van der Waals surface area (Å²) in [5.74, 6) is -0.452. The number of nitrogens with one attached hydrogen (secondary N) is 1. The Hall–Kier alpha value is 0.0569. The van der Waals surface area contributed by atoms with Crippen LogP contribution in [0.2, 0.25) is 18.1 Å². The van der Waals surface area contributed by atoms with Gasteiger partial charge in [0.2, 0.25) is 0 Å². The summed E-state index contributed by atoms with van der Waals surface area (Å²) < 4.78 is 18.2. The van der Waals surface area contributed by atoms with Crippen molar-refractivity contribution in [2.24, 2.45) is 0 Å². The Balaban J connectivity index is 1.91. The number of fused-ring (bicyclic) bond motifs is 1. The van der Waals surface area contributed by atoms with Crippen LogP contribution in [0.15, 0.2) is 0 Å². The topological polar surface area (TPSA) is 39.7 Å². The molecule has 0 aliphatic carbocycles. The van der Waals surface area contributed by atoms with Crippen LogP contribution in [0.5, 0.6) is 0 Å². The molecule has 0 bridgehead atoms. The first-order valence-corrected chi connectivity index (χ1v) is 10.2. The molecule has 0 aromatic carbocycles. The van der Waals surface area contributed by atoms with Crippen LogP contribution in [0.4, 0.5) is 0 Å². The molecule has 3 atom stereocenters. The van der Waals surface area contributed by atoms with Crippen molar-refractivity contribution in [3.8, 4) is 0 Å².